The quantitative estimate of drug-likeness (QED) is 0.811. The van der Waals surface area contributed by atoms with E-state index in [0.29, 0.717) is 17.9 Å². The molecule has 0 N–H and O–H groups in total. The normalized spacial score (nSPS) is 20.5. The Hall–Kier alpha value is -2.62. The zero-order valence-electron chi connectivity index (χ0n) is 14.2. The number of amides is 2. The van der Waals surface area contributed by atoms with Crippen molar-refractivity contribution in [3.05, 3.63) is 59.7 Å². The maximum atomic E-state index is 12.8. The first kappa shape index (κ1) is 16.2. The lowest BCUT2D eigenvalue weighted by molar-refractivity contribution is -0.122. The van der Waals surface area contributed by atoms with Gasteiger partial charge in [0, 0.05) is 5.92 Å². The highest BCUT2D eigenvalue weighted by atomic mass is 16.5. The Morgan fingerprint density at radius 2 is 1.58 bits per heavy atom. The van der Waals surface area contributed by atoms with Crippen molar-refractivity contribution < 1.29 is 14.3 Å². The predicted octanol–water partition coefficient (Wildman–Crippen LogP) is 3.37. The van der Waals surface area contributed by atoms with E-state index in [1.165, 1.54) is 10.5 Å². The second-order valence-electron chi connectivity index (χ2n) is 6.29. The molecule has 0 radical (unpaired) electrons. The van der Waals surface area contributed by atoms with Gasteiger partial charge in [-0.25, -0.2) is 0 Å². The van der Waals surface area contributed by atoms with E-state index in [1.54, 1.807) is 31.4 Å². The molecule has 2 atom stereocenters. The summed E-state index contributed by atoms with van der Waals surface area (Å²) >= 11 is 0. The van der Waals surface area contributed by atoms with Gasteiger partial charge in [-0.1, -0.05) is 36.8 Å². The Morgan fingerprint density at radius 3 is 2.17 bits per heavy atom. The third-order valence-corrected chi connectivity index (χ3v) is 4.66. The van der Waals surface area contributed by atoms with Gasteiger partial charge in [-0.15, -0.1) is 0 Å². The van der Waals surface area contributed by atoms with E-state index >= 15 is 0 Å². The van der Waals surface area contributed by atoms with Crippen LogP contribution in [-0.4, -0.2) is 18.9 Å². The van der Waals surface area contributed by atoms with Crippen LogP contribution in [0.25, 0.3) is 0 Å². The van der Waals surface area contributed by atoms with Crippen molar-refractivity contribution in [2.45, 2.75) is 20.3 Å². The minimum absolute atomic E-state index is 0.127. The number of rotatable bonds is 4. The van der Waals surface area contributed by atoms with Crippen molar-refractivity contribution in [1.82, 2.24) is 0 Å². The van der Waals surface area contributed by atoms with E-state index < -0.39 is 0 Å². The summed E-state index contributed by atoms with van der Waals surface area (Å²) in [4.78, 5) is 26.7. The smallest absolute Gasteiger partial charge is 0.238 e. The molecule has 1 aliphatic heterocycles. The third-order valence-electron chi connectivity index (χ3n) is 4.66. The number of carbonyl (C=O) groups excluding carboxylic acids is 2. The lowest BCUT2D eigenvalue weighted by Crippen LogP contribution is -2.31. The number of hydrogen-bond acceptors (Lipinski definition) is 3. The standard InChI is InChI=1S/C20H21NO3/c1-13-4-6-15(7-5-13)12-18-14(2)19(22)21(20(18)23)16-8-10-17(24-3)11-9-16/h4-11,14,18H,12H2,1-3H3/t14-,18-/m1/s1. The van der Waals surface area contributed by atoms with E-state index in [0.717, 1.165) is 5.56 Å². The summed E-state index contributed by atoms with van der Waals surface area (Å²) in [5.41, 5.74) is 2.86. The molecule has 124 valence electrons. The number of methoxy groups -OCH3 is 1. The molecule has 0 aliphatic carbocycles. The Balaban J connectivity index is 1.84. The molecule has 0 unspecified atom stereocenters. The number of carbonyl (C=O) groups is 2. The van der Waals surface area contributed by atoms with Crippen LogP contribution in [0.4, 0.5) is 5.69 Å². The predicted molar refractivity (Wildman–Crippen MR) is 93.0 cm³/mol. The molecule has 1 heterocycles. The van der Waals surface area contributed by atoms with E-state index in [4.69, 9.17) is 4.74 Å². The Labute approximate surface area is 142 Å². The van der Waals surface area contributed by atoms with Crippen molar-refractivity contribution in [2.75, 3.05) is 12.0 Å². The average molecular weight is 323 g/mol. The Kier molecular flexibility index (Phi) is 4.38. The fraction of sp³-hybridized carbons (Fsp3) is 0.300. The van der Waals surface area contributed by atoms with E-state index in [-0.39, 0.29) is 23.7 Å². The second kappa shape index (κ2) is 6.48. The fourth-order valence-corrected chi connectivity index (χ4v) is 3.09. The highest BCUT2D eigenvalue weighted by molar-refractivity contribution is 6.21. The van der Waals surface area contributed by atoms with Gasteiger partial charge in [-0.05, 0) is 43.2 Å². The lowest BCUT2D eigenvalue weighted by atomic mass is 9.90. The molecule has 0 spiro atoms. The van der Waals surface area contributed by atoms with Gasteiger partial charge in [0.2, 0.25) is 11.8 Å². The van der Waals surface area contributed by atoms with Crippen LogP contribution in [-0.2, 0) is 16.0 Å². The molecule has 2 aromatic rings. The summed E-state index contributed by atoms with van der Waals surface area (Å²) in [6.07, 6.45) is 0.582. The van der Waals surface area contributed by atoms with E-state index in [1.807, 2.05) is 38.1 Å². The molecule has 4 nitrogen and oxygen atoms in total. The monoisotopic (exact) mass is 323 g/mol. The van der Waals surface area contributed by atoms with Crippen LogP contribution in [0.1, 0.15) is 18.1 Å². The maximum Gasteiger partial charge on any atom is 0.238 e. The first-order valence-electron chi connectivity index (χ1n) is 8.08. The Morgan fingerprint density at radius 1 is 0.958 bits per heavy atom. The number of hydrogen-bond donors (Lipinski definition) is 0. The molecular formula is C20H21NO3. The van der Waals surface area contributed by atoms with Gasteiger partial charge < -0.3 is 4.74 Å². The summed E-state index contributed by atoms with van der Waals surface area (Å²) in [6.45, 7) is 3.87. The molecule has 4 heteroatoms. The number of aryl methyl sites for hydroxylation is 1. The first-order valence-corrected chi connectivity index (χ1v) is 8.08. The SMILES string of the molecule is COc1ccc(N2C(=O)[C@H](C)[C@@H](Cc3ccc(C)cc3)C2=O)cc1. The van der Waals surface area contributed by atoms with Crippen molar-refractivity contribution >= 4 is 17.5 Å². The minimum Gasteiger partial charge on any atom is -0.497 e. The molecule has 2 aromatic carbocycles. The molecule has 24 heavy (non-hydrogen) atoms. The third kappa shape index (κ3) is 2.92. The molecule has 1 saturated heterocycles. The van der Waals surface area contributed by atoms with Gasteiger partial charge in [0.15, 0.2) is 0 Å². The lowest BCUT2D eigenvalue weighted by Gasteiger charge is -2.15. The summed E-state index contributed by atoms with van der Waals surface area (Å²) in [6, 6.07) is 15.1. The molecule has 1 aliphatic rings. The van der Waals surface area contributed by atoms with Gasteiger partial charge in [-0.2, -0.15) is 0 Å². The highest BCUT2D eigenvalue weighted by Crippen LogP contribution is 2.33. The van der Waals surface area contributed by atoms with Gasteiger partial charge in [0.05, 0.1) is 18.7 Å². The molecule has 2 amide bonds. The molecular weight excluding hydrogens is 302 g/mol. The molecule has 0 aromatic heterocycles. The zero-order valence-corrected chi connectivity index (χ0v) is 14.2. The summed E-state index contributed by atoms with van der Waals surface area (Å²) in [5, 5.41) is 0. The van der Waals surface area contributed by atoms with Crippen LogP contribution >= 0.6 is 0 Å². The van der Waals surface area contributed by atoms with Crippen molar-refractivity contribution in [3.63, 3.8) is 0 Å². The first-order chi connectivity index (χ1) is 11.5. The highest BCUT2D eigenvalue weighted by Gasteiger charge is 2.45. The van der Waals surface area contributed by atoms with Crippen LogP contribution in [0.2, 0.25) is 0 Å². The van der Waals surface area contributed by atoms with Crippen LogP contribution in [0.15, 0.2) is 48.5 Å². The molecule has 1 fully saturated rings. The van der Waals surface area contributed by atoms with Crippen LogP contribution in [0.3, 0.4) is 0 Å². The van der Waals surface area contributed by atoms with Crippen molar-refractivity contribution in [1.29, 1.82) is 0 Å². The van der Waals surface area contributed by atoms with Gasteiger partial charge in [0.25, 0.3) is 0 Å². The summed E-state index contributed by atoms with van der Waals surface area (Å²) in [7, 11) is 1.58. The van der Waals surface area contributed by atoms with Crippen molar-refractivity contribution in [2.24, 2.45) is 11.8 Å². The summed E-state index contributed by atoms with van der Waals surface area (Å²) in [5.74, 6) is -0.203. The fourth-order valence-electron chi connectivity index (χ4n) is 3.09. The second-order valence-corrected chi connectivity index (χ2v) is 6.29. The van der Waals surface area contributed by atoms with Gasteiger partial charge in [0.1, 0.15) is 5.75 Å². The largest absolute Gasteiger partial charge is 0.497 e. The average Bonchev–Trinajstić information content (AvgIpc) is 2.80. The zero-order chi connectivity index (χ0) is 17.3. The maximum absolute atomic E-state index is 12.8. The van der Waals surface area contributed by atoms with Gasteiger partial charge in [-0.3, -0.25) is 14.5 Å². The van der Waals surface area contributed by atoms with Crippen LogP contribution in [0.5, 0.6) is 5.75 Å². The topological polar surface area (TPSA) is 46.6 Å². The van der Waals surface area contributed by atoms with Crippen molar-refractivity contribution in [3.8, 4) is 5.75 Å². The molecule has 3 rings (SSSR count). The van der Waals surface area contributed by atoms with Crippen LogP contribution < -0.4 is 9.64 Å². The summed E-state index contributed by atoms with van der Waals surface area (Å²) < 4.78 is 5.13. The number of benzene rings is 2. The number of nitrogens with zero attached hydrogens (tertiary/aromatic N) is 1. The van der Waals surface area contributed by atoms with Gasteiger partial charge >= 0.3 is 0 Å². The number of ether oxygens (including phenoxy) is 1. The minimum atomic E-state index is -0.319. The van der Waals surface area contributed by atoms with Crippen LogP contribution in [0, 0.1) is 18.8 Å². The number of imide groups is 1. The number of anilines is 1. The van der Waals surface area contributed by atoms with E-state index in [9.17, 15) is 9.59 Å². The van der Waals surface area contributed by atoms with E-state index in [2.05, 4.69) is 0 Å². The Bertz CT molecular complexity index is 749. The molecule has 0 bridgehead atoms. The molecule has 0 saturated carbocycles.